The van der Waals surface area contributed by atoms with Crippen LogP contribution in [-0.2, 0) is 33.6 Å². The van der Waals surface area contributed by atoms with Gasteiger partial charge in [-0.05, 0) is 160 Å². The van der Waals surface area contributed by atoms with Crippen molar-refractivity contribution in [3.05, 3.63) is 327 Å². The Kier molecular flexibility index (Phi) is 30.9. The van der Waals surface area contributed by atoms with Crippen molar-refractivity contribution in [3.63, 3.8) is 0 Å². The summed E-state index contributed by atoms with van der Waals surface area (Å²) in [7, 11) is 8.84. The molecule has 0 amide bonds. The fourth-order valence-corrected chi connectivity index (χ4v) is 17.8. The Labute approximate surface area is 836 Å². The quantitative estimate of drug-likeness (QED) is 0.0290. The first-order valence-corrected chi connectivity index (χ1v) is 45.2. The molecule has 7 aliphatic heterocycles. The lowest BCUT2D eigenvalue weighted by Crippen LogP contribution is -2.21. The molecule has 0 aliphatic carbocycles. The molecule has 147 heavy (non-hydrogen) atoms. The van der Waals surface area contributed by atoms with Crippen LogP contribution in [0, 0.1) is 0 Å². The molecule has 36 nitrogen and oxygen atoms in total. The van der Waals surface area contributed by atoms with E-state index < -0.39 is 17.9 Å². The van der Waals surface area contributed by atoms with E-state index in [1.165, 1.54) is 146 Å². The minimum absolute atomic E-state index is 0.0192. The zero-order valence-corrected chi connectivity index (χ0v) is 79.0. The van der Waals surface area contributed by atoms with Crippen LogP contribution >= 0.6 is 0 Å². The van der Waals surface area contributed by atoms with Crippen LogP contribution in [0.25, 0.3) is 0 Å². The van der Waals surface area contributed by atoms with Gasteiger partial charge in [-0.3, -0.25) is 33.6 Å². The molecule has 756 valence electrons. The minimum Gasteiger partial charge on any atom is -0.508 e. The summed E-state index contributed by atoms with van der Waals surface area (Å²) >= 11 is 0. The second kappa shape index (κ2) is 44.4. The zero-order chi connectivity index (χ0) is 105. The van der Waals surface area contributed by atoms with Crippen LogP contribution in [0.15, 0.2) is 249 Å². The third-order valence-corrected chi connectivity index (χ3v) is 24.9. The number of rotatable bonds is 13. The highest BCUT2D eigenvalue weighted by molar-refractivity contribution is 5.84. The van der Waals surface area contributed by atoms with Crippen LogP contribution in [0.3, 0.4) is 0 Å². The molecule has 0 saturated carbocycles. The van der Waals surface area contributed by atoms with Crippen molar-refractivity contribution < 1.29 is 177 Å². The average molecular weight is 2010 g/mol. The number of phenolic OH excluding ortho intramolecular Hbond substituents is 16. The molecule has 7 heterocycles. The van der Waals surface area contributed by atoms with E-state index in [0.29, 0.717) is 85.7 Å². The molecule has 0 saturated heterocycles. The van der Waals surface area contributed by atoms with E-state index in [2.05, 4.69) is 0 Å². The maximum absolute atomic E-state index is 11.9. The molecule has 36 heteroatoms. The fourth-order valence-electron chi connectivity index (χ4n) is 17.8. The van der Waals surface area contributed by atoms with Crippen molar-refractivity contribution in [1.29, 1.82) is 0 Å². The van der Waals surface area contributed by atoms with Gasteiger partial charge in [0.05, 0.1) is 87.6 Å². The van der Waals surface area contributed by atoms with Gasteiger partial charge in [0.25, 0.3) is 0 Å². The fraction of sp³-hybridized carbons (Fsp3) is 0.180. The number of methoxy groups -OCH3 is 6. The van der Waals surface area contributed by atoms with Gasteiger partial charge < -0.3 is 143 Å². The van der Waals surface area contributed by atoms with Gasteiger partial charge in [0.15, 0.2) is 80.5 Å². The zero-order valence-electron chi connectivity index (χ0n) is 79.0. The second-order valence-electron chi connectivity index (χ2n) is 34.2. The third-order valence-electron chi connectivity index (χ3n) is 24.9. The van der Waals surface area contributed by atoms with Crippen molar-refractivity contribution in [1.82, 2.24) is 0 Å². The van der Waals surface area contributed by atoms with Crippen molar-refractivity contribution in [3.8, 4) is 167 Å². The normalized spacial score (nSPS) is 17.0. The SMILES string of the molecule is COc1cc([C@@H]2CC(=O)Oc3cc(O)ccc32)ccc1O.COc1cc([C@H]2CC(=O)Oc3cc(O)cc(OC)c32)ccc1O.COc1cc([C@H]2CC(=O)Oc3cc(O)ccc32)ccc1O.COc1ccc([C@@H]2CC(=O)Oc3cc(O)ccc32)cc1O.COc1ccc([C@H]2CC(=O)Oc3cc(O)ccc32)cc1O.O=C1C[C@@H](c2ccc(O)c(O)c2)c2ccc(O)cc2O1.O=C1C[C@H](c2ccc(O)c(O)c2)c2ccc(O)cc2O1. The summed E-state index contributed by atoms with van der Waals surface area (Å²) in [5.41, 5.74) is 10.9. The first-order valence-electron chi connectivity index (χ1n) is 45.2. The predicted molar refractivity (Wildman–Crippen MR) is 521 cm³/mol. The first-order chi connectivity index (χ1) is 70.4. The molecular formula is C111H96O36. The number of aromatic hydroxyl groups is 16. The molecule has 7 aliphatic rings. The van der Waals surface area contributed by atoms with Crippen molar-refractivity contribution in [2.24, 2.45) is 0 Å². The molecule has 21 rings (SSSR count). The number of ether oxygens (including phenoxy) is 13. The average Bonchev–Trinajstić information content (AvgIpc) is 0.761. The summed E-state index contributed by atoms with van der Waals surface area (Å²) in [6.45, 7) is 0. The van der Waals surface area contributed by atoms with E-state index >= 15 is 0 Å². The number of carbonyl (C=O) groups excluding carboxylic acids is 7. The Balaban J connectivity index is 0.000000129. The maximum atomic E-state index is 11.9. The van der Waals surface area contributed by atoms with Gasteiger partial charge >= 0.3 is 41.8 Å². The number of esters is 7. The van der Waals surface area contributed by atoms with Crippen LogP contribution in [0.1, 0.15) is 164 Å². The summed E-state index contributed by atoms with van der Waals surface area (Å²) in [5, 5.41) is 153. The maximum Gasteiger partial charge on any atom is 0.312 e. The van der Waals surface area contributed by atoms with Crippen molar-refractivity contribution in [2.45, 2.75) is 86.4 Å². The first kappa shape index (κ1) is 102. The third kappa shape index (κ3) is 23.6. The van der Waals surface area contributed by atoms with Gasteiger partial charge in [-0.15, -0.1) is 0 Å². The molecule has 14 aromatic rings. The molecule has 0 bridgehead atoms. The van der Waals surface area contributed by atoms with Crippen LogP contribution < -0.4 is 61.6 Å². The number of benzene rings is 14. The number of hydrogen-bond acceptors (Lipinski definition) is 36. The Bertz CT molecular complexity index is 7050. The molecule has 0 radical (unpaired) electrons. The number of carbonyl (C=O) groups is 7. The van der Waals surface area contributed by atoms with Crippen LogP contribution in [-0.4, -0.2) is 166 Å². The summed E-state index contributed by atoms with van der Waals surface area (Å²) in [6.07, 6.45) is 1.18. The van der Waals surface area contributed by atoms with E-state index in [1.807, 2.05) is 0 Å². The lowest BCUT2D eigenvalue weighted by molar-refractivity contribution is -0.136. The number of hydrogen-bond donors (Lipinski definition) is 16. The van der Waals surface area contributed by atoms with Gasteiger partial charge in [-0.25, -0.2) is 0 Å². The van der Waals surface area contributed by atoms with E-state index in [0.717, 1.165) is 61.2 Å². The highest BCUT2D eigenvalue weighted by Crippen LogP contribution is 2.53. The molecule has 7 atom stereocenters. The number of phenols is 16. The topological polar surface area (TPSA) is 563 Å². The second-order valence-corrected chi connectivity index (χ2v) is 34.2. The lowest BCUT2D eigenvalue weighted by atomic mass is 9.85. The van der Waals surface area contributed by atoms with Gasteiger partial charge in [-0.1, -0.05) is 78.9 Å². The summed E-state index contributed by atoms with van der Waals surface area (Å²) in [5.74, 6) is -0.373. The summed E-state index contributed by atoms with van der Waals surface area (Å²) in [4.78, 5) is 82.2. The number of fused-ring (bicyclic) bond motifs is 7. The molecular weight excluding hydrogens is 1910 g/mol. The predicted octanol–water partition coefficient (Wildman–Crippen LogP) is 17.2. The molecule has 0 spiro atoms. The van der Waals surface area contributed by atoms with Crippen molar-refractivity contribution in [2.75, 3.05) is 42.7 Å². The molecule has 0 aromatic heterocycles. The van der Waals surface area contributed by atoms with Crippen molar-refractivity contribution >= 4 is 41.8 Å². The molecule has 0 unspecified atom stereocenters. The smallest absolute Gasteiger partial charge is 0.312 e. The van der Waals surface area contributed by atoms with Crippen LogP contribution in [0.5, 0.6) is 167 Å². The van der Waals surface area contributed by atoms with Gasteiger partial charge in [0.2, 0.25) is 0 Å². The highest BCUT2D eigenvalue weighted by Gasteiger charge is 2.38. The summed E-state index contributed by atoms with van der Waals surface area (Å²) < 4.78 is 66.8. The monoisotopic (exact) mass is 2000 g/mol. The lowest BCUT2D eigenvalue weighted by Gasteiger charge is -2.27. The highest BCUT2D eigenvalue weighted by atomic mass is 16.6. The minimum atomic E-state index is -0.402. The van der Waals surface area contributed by atoms with E-state index in [1.54, 1.807) is 146 Å². The summed E-state index contributed by atoms with van der Waals surface area (Å²) in [6, 6.07) is 64.8. The molecule has 0 fully saturated rings. The Morgan fingerprint density at radius 3 is 0.605 bits per heavy atom. The Hall–Kier alpha value is -19.0. The largest absolute Gasteiger partial charge is 0.508 e. The standard InChI is InChI=1S/C17H16O6.4C16H14O5.2C15H12O5/c1-21-13-5-9(3-4-12(13)19)11-8-16(20)23-15-7-10(18)6-14(22-2)17(11)15;2*1-20-14-5-2-9(6-13(14)18)12-8-16(19)21-15-7-10(17)3-4-11(12)15;2*1-20-15-6-9(2-5-13(15)18)12-8-16(19)21-14-7-10(17)3-4-11(12)14;2*16-9-2-3-10-11(7-15(19)20-14(10)6-9)8-1-4-12(17)13(18)5-8/h3-7,11,18-19H,8H2,1-2H3;4*2-7,12,17-18H,8H2,1H3;2*1-6,11,16-18H,7H2/t11-;4*12-;2*11-/m1101010/s1. The Morgan fingerprint density at radius 2 is 0.374 bits per heavy atom. The van der Waals surface area contributed by atoms with E-state index in [-0.39, 0.29) is 208 Å². The van der Waals surface area contributed by atoms with Gasteiger partial charge in [0, 0.05) is 129 Å². The van der Waals surface area contributed by atoms with Crippen LogP contribution in [0.2, 0.25) is 0 Å². The molecule has 16 N–H and O–H groups in total. The van der Waals surface area contributed by atoms with Gasteiger partial charge in [-0.2, -0.15) is 0 Å². The van der Waals surface area contributed by atoms with Crippen LogP contribution in [0.4, 0.5) is 0 Å². The van der Waals surface area contributed by atoms with Gasteiger partial charge in [0.1, 0.15) is 86.2 Å². The molecule has 14 aromatic carbocycles. The Morgan fingerprint density at radius 1 is 0.177 bits per heavy atom. The van der Waals surface area contributed by atoms with E-state index in [4.69, 9.17) is 61.6 Å². The van der Waals surface area contributed by atoms with E-state index in [9.17, 15) is 115 Å².